The first-order chi connectivity index (χ1) is 13.2. The minimum atomic E-state index is 0.0761. The maximum Gasteiger partial charge on any atom is 0.230 e. The second kappa shape index (κ2) is 9.51. The molecule has 2 N–H and O–H groups in total. The van der Waals surface area contributed by atoms with Gasteiger partial charge in [0.25, 0.3) is 0 Å². The van der Waals surface area contributed by atoms with Crippen molar-refractivity contribution in [1.82, 2.24) is 10.3 Å². The van der Waals surface area contributed by atoms with Crippen LogP contribution in [0, 0.1) is 0 Å². The summed E-state index contributed by atoms with van der Waals surface area (Å²) >= 11 is 1.68. The van der Waals surface area contributed by atoms with E-state index in [1.54, 1.807) is 18.9 Å². The standard InChI is InChI=1S/C22H26N2O2S/c1-3-12-27-15-22(25)24-13-19(16-8-10-17(26-2)11-9-16)20-14-23-21-7-5-4-6-18(20)21/h4-11,14,19,23H,3,12-13,15H2,1-2H3,(H,24,25). The number of aromatic nitrogens is 1. The molecule has 1 heterocycles. The number of nitrogens with one attached hydrogen (secondary N) is 2. The maximum absolute atomic E-state index is 12.2. The Labute approximate surface area is 164 Å². The number of benzene rings is 2. The van der Waals surface area contributed by atoms with E-state index in [2.05, 4.69) is 47.7 Å². The van der Waals surface area contributed by atoms with E-state index in [-0.39, 0.29) is 11.8 Å². The molecule has 1 aromatic heterocycles. The molecular formula is C22H26N2O2S. The summed E-state index contributed by atoms with van der Waals surface area (Å²) in [6.07, 6.45) is 3.14. The van der Waals surface area contributed by atoms with Gasteiger partial charge in [-0.2, -0.15) is 11.8 Å². The number of carbonyl (C=O) groups is 1. The molecule has 4 nitrogen and oxygen atoms in total. The predicted molar refractivity (Wildman–Crippen MR) is 114 cm³/mol. The number of para-hydroxylation sites is 1. The monoisotopic (exact) mass is 382 g/mol. The average molecular weight is 383 g/mol. The van der Waals surface area contributed by atoms with Crippen molar-refractivity contribution in [2.75, 3.05) is 25.2 Å². The summed E-state index contributed by atoms with van der Waals surface area (Å²) in [4.78, 5) is 15.6. The van der Waals surface area contributed by atoms with Gasteiger partial charge in [0.15, 0.2) is 0 Å². The molecule has 5 heteroatoms. The third-order valence-electron chi connectivity index (χ3n) is 4.60. The normalized spacial score (nSPS) is 12.1. The summed E-state index contributed by atoms with van der Waals surface area (Å²) in [6, 6.07) is 16.3. The Hall–Kier alpha value is -2.40. The predicted octanol–water partition coefficient (Wildman–Crippen LogP) is 4.57. The van der Waals surface area contributed by atoms with Crippen LogP contribution >= 0.6 is 11.8 Å². The minimum Gasteiger partial charge on any atom is -0.497 e. The van der Waals surface area contributed by atoms with Gasteiger partial charge in [0, 0.05) is 29.6 Å². The number of ether oxygens (including phenoxy) is 1. The molecule has 2 aromatic carbocycles. The van der Waals surface area contributed by atoms with Crippen LogP contribution in [0.15, 0.2) is 54.7 Å². The van der Waals surface area contributed by atoms with Gasteiger partial charge in [-0.05, 0) is 41.5 Å². The lowest BCUT2D eigenvalue weighted by atomic mass is 9.91. The SMILES string of the molecule is CCCSCC(=O)NCC(c1ccc(OC)cc1)c1c[nH]c2ccccc12. The number of fused-ring (bicyclic) bond motifs is 1. The maximum atomic E-state index is 12.2. The lowest BCUT2D eigenvalue weighted by molar-refractivity contribution is -0.118. The highest BCUT2D eigenvalue weighted by molar-refractivity contribution is 7.99. The minimum absolute atomic E-state index is 0.0761. The molecule has 142 valence electrons. The van der Waals surface area contributed by atoms with E-state index in [1.165, 1.54) is 10.9 Å². The first kappa shape index (κ1) is 19.4. The highest BCUT2D eigenvalue weighted by atomic mass is 32.2. The first-order valence-corrected chi connectivity index (χ1v) is 10.4. The molecule has 0 aliphatic carbocycles. The molecular weight excluding hydrogens is 356 g/mol. The van der Waals surface area contributed by atoms with Crippen LogP contribution in [0.25, 0.3) is 10.9 Å². The summed E-state index contributed by atoms with van der Waals surface area (Å²) in [7, 11) is 1.67. The van der Waals surface area contributed by atoms with Crippen LogP contribution in [-0.4, -0.2) is 36.1 Å². The molecule has 0 aliphatic rings. The summed E-state index contributed by atoms with van der Waals surface area (Å²) in [5, 5.41) is 4.30. The molecule has 1 unspecified atom stereocenters. The van der Waals surface area contributed by atoms with Crippen molar-refractivity contribution in [2.24, 2.45) is 0 Å². The van der Waals surface area contributed by atoms with Crippen LogP contribution in [0.3, 0.4) is 0 Å². The number of methoxy groups -OCH3 is 1. The molecule has 0 radical (unpaired) electrons. The summed E-state index contributed by atoms with van der Waals surface area (Å²) in [5.41, 5.74) is 3.45. The smallest absolute Gasteiger partial charge is 0.230 e. The Kier molecular flexibility index (Phi) is 6.82. The zero-order valence-corrected chi connectivity index (χ0v) is 16.6. The van der Waals surface area contributed by atoms with Crippen LogP contribution in [0.5, 0.6) is 5.75 Å². The van der Waals surface area contributed by atoms with Gasteiger partial charge in [-0.15, -0.1) is 0 Å². The van der Waals surface area contributed by atoms with Crippen LogP contribution in [-0.2, 0) is 4.79 Å². The number of amides is 1. The van der Waals surface area contributed by atoms with Crippen LogP contribution in [0.4, 0.5) is 0 Å². The third-order valence-corrected chi connectivity index (χ3v) is 5.76. The van der Waals surface area contributed by atoms with Crippen molar-refractivity contribution in [3.63, 3.8) is 0 Å². The second-order valence-corrected chi connectivity index (χ2v) is 7.58. The Morgan fingerprint density at radius 1 is 1.19 bits per heavy atom. The molecule has 0 bridgehead atoms. The van der Waals surface area contributed by atoms with Gasteiger partial charge in [0.1, 0.15) is 5.75 Å². The molecule has 3 rings (SSSR count). The lowest BCUT2D eigenvalue weighted by Gasteiger charge is -2.18. The Morgan fingerprint density at radius 3 is 2.70 bits per heavy atom. The van der Waals surface area contributed by atoms with Crippen molar-refractivity contribution < 1.29 is 9.53 Å². The molecule has 1 atom stereocenters. The number of aromatic amines is 1. The summed E-state index contributed by atoms with van der Waals surface area (Å²) in [6.45, 7) is 2.70. The van der Waals surface area contributed by atoms with Crippen LogP contribution < -0.4 is 10.1 Å². The fraction of sp³-hybridized carbons (Fsp3) is 0.318. The van der Waals surface area contributed by atoms with Crippen LogP contribution in [0.2, 0.25) is 0 Å². The fourth-order valence-electron chi connectivity index (χ4n) is 3.20. The van der Waals surface area contributed by atoms with Crippen molar-refractivity contribution in [2.45, 2.75) is 19.3 Å². The molecule has 27 heavy (non-hydrogen) atoms. The van der Waals surface area contributed by atoms with Crippen molar-refractivity contribution in [3.05, 3.63) is 65.9 Å². The fourth-order valence-corrected chi connectivity index (χ4v) is 3.92. The molecule has 3 aromatic rings. The topological polar surface area (TPSA) is 54.1 Å². The van der Waals surface area contributed by atoms with Crippen molar-refractivity contribution in [3.8, 4) is 5.75 Å². The first-order valence-electron chi connectivity index (χ1n) is 9.27. The number of H-pyrrole nitrogens is 1. The zero-order chi connectivity index (χ0) is 19.1. The highest BCUT2D eigenvalue weighted by Gasteiger charge is 2.19. The molecule has 1 amide bonds. The van der Waals surface area contributed by atoms with Crippen LogP contribution in [0.1, 0.15) is 30.4 Å². The van der Waals surface area contributed by atoms with Crippen molar-refractivity contribution >= 4 is 28.6 Å². The van der Waals surface area contributed by atoms with Gasteiger partial charge >= 0.3 is 0 Å². The third kappa shape index (κ3) is 4.86. The van der Waals surface area contributed by atoms with E-state index in [9.17, 15) is 4.79 Å². The van der Waals surface area contributed by atoms with Gasteiger partial charge in [0.2, 0.25) is 5.91 Å². The van der Waals surface area contributed by atoms with E-state index in [0.29, 0.717) is 12.3 Å². The van der Waals surface area contributed by atoms with E-state index < -0.39 is 0 Å². The quantitative estimate of drug-likeness (QED) is 0.533. The van der Waals surface area contributed by atoms with Gasteiger partial charge < -0.3 is 15.0 Å². The van der Waals surface area contributed by atoms with Gasteiger partial charge in [-0.3, -0.25) is 4.79 Å². The molecule has 0 aliphatic heterocycles. The Balaban J connectivity index is 1.83. The van der Waals surface area contributed by atoms with Gasteiger partial charge in [0.05, 0.1) is 12.9 Å². The number of rotatable bonds is 9. The molecule has 0 fully saturated rings. The number of thioether (sulfide) groups is 1. The van der Waals surface area contributed by atoms with Crippen molar-refractivity contribution in [1.29, 1.82) is 0 Å². The highest BCUT2D eigenvalue weighted by Crippen LogP contribution is 2.31. The van der Waals surface area contributed by atoms with Gasteiger partial charge in [-0.25, -0.2) is 0 Å². The van der Waals surface area contributed by atoms with E-state index in [4.69, 9.17) is 4.74 Å². The Morgan fingerprint density at radius 2 is 1.96 bits per heavy atom. The van der Waals surface area contributed by atoms with E-state index >= 15 is 0 Å². The number of hydrogen-bond donors (Lipinski definition) is 2. The molecule has 0 saturated carbocycles. The second-order valence-electron chi connectivity index (χ2n) is 6.47. The molecule has 0 spiro atoms. The largest absolute Gasteiger partial charge is 0.497 e. The number of hydrogen-bond acceptors (Lipinski definition) is 3. The molecule has 0 saturated heterocycles. The Bertz CT molecular complexity index is 873. The summed E-state index contributed by atoms with van der Waals surface area (Å²) < 4.78 is 5.28. The summed E-state index contributed by atoms with van der Waals surface area (Å²) in [5.74, 6) is 2.52. The zero-order valence-electron chi connectivity index (χ0n) is 15.8. The average Bonchev–Trinajstić information content (AvgIpc) is 3.13. The lowest BCUT2D eigenvalue weighted by Crippen LogP contribution is -2.30. The van der Waals surface area contributed by atoms with Gasteiger partial charge in [-0.1, -0.05) is 37.3 Å². The van der Waals surface area contributed by atoms with E-state index in [0.717, 1.165) is 29.0 Å². The number of carbonyl (C=O) groups excluding carboxylic acids is 1. The van der Waals surface area contributed by atoms with E-state index in [1.807, 2.05) is 24.3 Å².